The van der Waals surface area contributed by atoms with Gasteiger partial charge in [-0.25, -0.2) is 0 Å². The van der Waals surface area contributed by atoms with Crippen molar-refractivity contribution in [3.63, 3.8) is 0 Å². The van der Waals surface area contributed by atoms with Crippen LogP contribution in [0.5, 0.6) is 11.5 Å². The normalized spacial score (nSPS) is 12.5. The molecule has 10 aromatic rings. The topological polar surface area (TPSA) is 18.5 Å². The Hall–Kier alpha value is -8.72. The lowest BCUT2D eigenvalue weighted by atomic mass is 9.78. The smallest absolute Gasteiger partial charge is 0.119 e. The summed E-state index contributed by atoms with van der Waals surface area (Å²) < 4.78 is 11.6. The Morgan fingerprint density at radius 2 is 0.595 bits per heavy atom. The van der Waals surface area contributed by atoms with Gasteiger partial charge in [0, 0.05) is 0 Å². The largest absolute Gasteiger partial charge is 0.494 e. The maximum Gasteiger partial charge on any atom is 0.119 e. The van der Waals surface area contributed by atoms with E-state index in [1.54, 1.807) is 0 Å². The van der Waals surface area contributed by atoms with Crippen LogP contribution in [0.1, 0.15) is 329 Å². The SMILES string of the molecule is CC(C)(C)c1ccc(CCc2ccccc2)cc1.CC(C)(C)c1ccc(COc2ccccc2)cc1.CC(C)(C)c1ccc(Cc2ccccc2)cc1.CC(C)=CCCC(C)CCOc1ccc(CC(C)(C)C)cc1.CC(C)=CCCC(C)CCc1ccc(CC(C)(C)C)cc1.CC(c1ccccc1)C(C)(C)C.Cc1ccc(C(C)C(C)(C)C)cc1. The van der Waals surface area contributed by atoms with E-state index >= 15 is 0 Å². The average molecular weight is 1630 g/mol. The number of ether oxygens (including phenoxy) is 2. The summed E-state index contributed by atoms with van der Waals surface area (Å²) in [6.45, 7) is 69.2. The molecule has 0 spiro atoms. The van der Waals surface area contributed by atoms with Gasteiger partial charge in [0.1, 0.15) is 18.1 Å². The van der Waals surface area contributed by atoms with Crippen LogP contribution >= 0.6 is 0 Å². The Morgan fingerprint density at radius 3 is 0.983 bits per heavy atom. The molecule has 10 aromatic carbocycles. The van der Waals surface area contributed by atoms with Crippen molar-refractivity contribution in [3.8, 4) is 11.5 Å². The van der Waals surface area contributed by atoms with Crippen LogP contribution in [0.2, 0.25) is 0 Å². The van der Waals surface area contributed by atoms with E-state index in [0.717, 1.165) is 68.5 Å². The predicted molar refractivity (Wildman–Crippen MR) is 536 cm³/mol. The first-order valence-electron chi connectivity index (χ1n) is 45.8. The van der Waals surface area contributed by atoms with E-state index < -0.39 is 0 Å². The quantitative estimate of drug-likeness (QED) is 0.0531. The Balaban J connectivity index is 0.000000299. The predicted octanol–water partition coefficient (Wildman–Crippen LogP) is 34.9. The minimum Gasteiger partial charge on any atom is -0.494 e. The van der Waals surface area contributed by atoms with Gasteiger partial charge in [-0.1, -0.05) is 445 Å². The van der Waals surface area contributed by atoms with Gasteiger partial charge in [0.05, 0.1) is 6.61 Å². The van der Waals surface area contributed by atoms with E-state index in [4.69, 9.17) is 9.47 Å². The van der Waals surface area contributed by atoms with Crippen LogP contribution in [-0.4, -0.2) is 6.61 Å². The minimum atomic E-state index is 0.207. The summed E-state index contributed by atoms with van der Waals surface area (Å²) in [6, 6.07) is 95.3. The number of rotatable bonds is 25. The van der Waals surface area contributed by atoms with Crippen molar-refractivity contribution in [3.05, 3.63) is 368 Å². The van der Waals surface area contributed by atoms with Gasteiger partial charge in [-0.3, -0.25) is 0 Å². The first kappa shape index (κ1) is 105. The molecule has 0 heterocycles. The second-order valence-electron chi connectivity index (χ2n) is 42.6. The highest BCUT2D eigenvalue weighted by atomic mass is 16.5. The van der Waals surface area contributed by atoms with Crippen LogP contribution < -0.4 is 9.47 Å². The summed E-state index contributed by atoms with van der Waals surface area (Å²) in [5.41, 5.74) is 24.5. The molecule has 0 bridgehead atoms. The zero-order chi connectivity index (χ0) is 90.0. The number of benzene rings is 10. The molecule has 0 radical (unpaired) electrons. The lowest BCUT2D eigenvalue weighted by molar-refractivity contribution is 0.279. The van der Waals surface area contributed by atoms with Crippen molar-refractivity contribution in [2.75, 3.05) is 6.61 Å². The van der Waals surface area contributed by atoms with Crippen LogP contribution in [-0.2, 0) is 61.4 Å². The van der Waals surface area contributed by atoms with Crippen LogP contribution in [0, 0.1) is 40.4 Å². The third-order valence-corrected chi connectivity index (χ3v) is 22.5. The molecule has 0 saturated carbocycles. The van der Waals surface area contributed by atoms with Gasteiger partial charge in [0.2, 0.25) is 0 Å². The van der Waals surface area contributed by atoms with Crippen molar-refractivity contribution in [1.82, 2.24) is 0 Å². The highest BCUT2D eigenvalue weighted by molar-refractivity contribution is 5.35. The van der Waals surface area contributed by atoms with Crippen LogP contribution in [0.4, 0.5) is 0 Å². The number of allylic oxidation sites excluding steroid dienone is 4. The number of aryl methyl sites for hydroxylation is 4. The molecule has 0 aromatic heterocycles. The first-order chi connectivity index (χ1) is 56.6. The fraction of sp³-hybridized carbons (Fsp3) is 0.462. The van der Waals surface area contributed by atoms with E-state index in [9.17, 15) is 0 Å². The van der Waals surface area contributed by atoms with Crippen molar-refractivity contribution in [2.24, 2.45) is 33.5 Å². The molecule has 0 fully saturated rings. The monoisotopic (exact) mass is 1630 g/mol. The Bertz CT molecular complexity index is 4290. The van der Waals surface area contributed by atoms with Gasteiger partial charge in [-0.05, 0) is 270 Å². The van der Waals surface area contributed by atoms with E-state index in [1.165, 1.54) is 128 Å². The van der Waals surface area contributed by atoms with Crippen molar-refractivity contribution in [1.29, 1.82) is 0 Å². The first-order valence-corrected chi connectivity index (χ1v) is 45.8. The van der Waals surface area contributed by atoms with Gasteiger partial charge in [-0.2, -0.15) is 0 Å². The lowest BCUT2D eigenvalue weighted by Gasteiger charge is -2.27. The molecule has 121 heavy (non-hydrogen) atoms. The lowest BCUT2D eigenvalue weighted by Crippen LogP contribution is -2.15. The molecular formula is C119H168O2. The summed E-state index contributed by atoms with van der Waals surface area (Å²) in [4.78, 5) is 0. The summed E-state index contributed by atoms with van der Waals surface area (Å²) in [7, 11) is 0. The third-order valence-electron chi connectivity index (χ3n) is 22.5. The number of hydrogen-bond donors (Lipinski definition) is 0. The van der Waals surface area contributed by atoms with Gasteiger partial charge in [0.15, 0.2) is 0 Å². The molecule has 0 aliphatic heterocycles. The van der Waals surface area contributed by atoms with Gasteiger partial charge in [0.25, 0.3) is 0 Å². The molecule has 0 aliphatic carbocycles. The maximum atomic E-state index is 5.87. The zero-order valence-electron chi connectivity index (χ0n) is 82.1. The number of hydrogen-bond acceptors (Lipinski definition) is 2. The molecule has 656 valence electrons. The molecule has 4 atom stereocenters. The van der Waals surface area contributed by atoms with E-state index in [1.807, 2.05) is 30.3 Å². The molecular weight excluding hydrogens is 1460 g/mol. The summed E-state index contributed by atoms with van der Waals surface area (Å²) in [5.74, 6) is 4.68. The van der Waals surface area contributed by atoms with Crippen LogP contribution in [0.3, 0.4) is 0 Å². The van der Waals surface area contributed by atoms with Crippen molar-refractivity contribution in [2.45, 2.75) is 319 Å². The van der Waals surface area contributed by atoms with Gasteiger partial charge >= 0.3 is 0 Å². The van der Waals surface area contributed by atoms with Crippen LogP contribution in [0.15, 0.2) is 290 Å². The molecule has 0 aliphatic rings. The van der Waals surface area contributed by atoms with E-state index in [0.29, 0.717) is 40.1 Å². The summed E-state index contributed by atoms with van der Waals surface area (Å²) >= 11 is 0. The molecule has 4 unspecified atom stereocenters. The minimum absolute atomic E-state index is 0.207. The Labute approximate surface area is 743 Å². The van der Waals surface area contributed by atoms with Gasteiger partial charge < -0.3 is 9.47 Å². The molecule has 0 N–H and O–H groups in total. The number of para-hydroxylation sites is 1. The second kappa shape index (κ2) is 52.0. The zero-order valence-corrected chi connectivity index (χ0v) is 82.1. The second-order valence-corrected chi connectivity index (χ2v) is 42.6. The Morgan fingerprint density at radius 1 is 0.289 bits per heavy atom. The fourth-order valence-corrected chi connectivity index (χ4v) is 13.6. The van der Waals surface area contributed by atoms with Crippen molar-refractivity contribution < 1.29 is 9.47 Å². The average Bonchev–Trinajstić information content (AvgIpc) is 0.869. The highest BCUT2D eigenvalue weighted by Gasteiger charge is 2.23. The standard InChI is InChI=1S/C21H34O.C21H34.C18H22.C17H20O.C17H20.C13H20.C12H18/c1-17(2)8-7-9-18(3)14-15-22-20-12-10-19(11-13-20)16-21(4,5)6;1-17(2)8-7-9-18(3)10-11-19-12-14-20(15-13-19)16-21(4,5)6;1-18(2,3)17-13-11-16(12-14-17)10-9-15-7-5-4-6-8-15;1-17(2,3)15-11-9-14(10-12-15)13-18-16-7-5-4-6-8-16;1-17(2,3)16-11-9-15(10-12-16)13-14-7-5-4-6-8-14;1-10-6-8-12(9-7-10)11(2)13(3,4)5;1-10(12(2,3)4)11-8-6-5-7-9-11/h8,10-13,18H,7,9,14-16H2,1-6H3;8,12-15,18H,7,9-11,16H2,1-6H3;4-8,11-14H,9-10H2,1-3H3;4-12H,13H2,1-3H3;4-12H,13H2,1-3H3;6-9,11H,1-5H3;5-10H,1-4H3. The third kappa shape index (κ3) is 46.9. The Kier molecular flexibility index (Phi) is 45.0. The summed E-state index contributed by atoms with van der Waals surface area (Å²) in [6.07, 6.45) is 18.8. The molecule has 2 heteroatoms. The van der Waals surface area contributed by atoms with Crippen LogP contribution in [0.25, 0.3) is 0 Å². The molecule has 10 rings (SSSR count). The molecule has 0 saturated heterocycles. The summed E-state index contributed by atoms with van der Waals surface area (Å²) in [5, 5.41) is 0. The molecule has 0 amide bonds. The van der Waals surface area contributed by atoms with Crippen molar-refractivity contribution >= 4 is 0 Å². The van der Waals surface area contributed by atoms with E-state index in [-0.39, 0.29) is 16.2 Å². The van der Waals surface area contributed by atoms with Gasteiger partial charge in [-0.15, -0.1) is 0 Å². The maximum absolute atomic E-state index is 5.87. The molecule has 2 nitrogen and oxygen atoms in total. The van der Waals surface area contributed by atoms with E-state index in [2.05, 4.69) is 456 Å². The highest BCUT2D eigenvalue weighted by Crippen LogP contribution is 2.36. The fourth-order valence-electron chi connectivity index (χ4n) is 13.6.